The second kappa shape index (κ2) is 5.65. The molecule has 2 rings (SSSR count). The number of thiophene rings is 1. The molecular weight excluding hydrogens is 232 g/mol. The molecule has 0 aromatic carbocycles. The lowest BCUT2D eigenvalue weighted by Gasteiger charge is -2.34. The number of amides is 1. The first-order chi connectivity index (χ1) is 8.20. The summed E-state index contributed by atoms with van der Waals surface area (Å²) in [5.74, 6) is -0.321. The average molecular weight is 252 g/mol. The van der Waals surface area contributed by atoms with Crippen LogP contribution < -0.4 is 5.73 Å². The van der Waals surface area contributed by atoms with E-state index in [0.29, 0.717) is 11.6 Å². The molecule has 0 bridgehead atoms. The van der Waals surface area contributed by atoms with Crippen molar-refractivity contribution >= 4 is 17.2 Å². The number of nitrogens with zero attached hydrogens (tertiary/aromatic N) is 1. The van der Waals surface area contributed by atoms with Gasteiger partial charge in [-0.25, -0.2) is 0 Å². The lowest BCUT2D eigenvalue weighted by molar-refractivity contribution is 0.100. The molecule has 0 spiro atoms. The molecule has 1 aliphatic rings. The number of primary amides is 1. The van der Waals surface area contributed by atoms with E-state index in [1.165, 1.54) is 37.1 Å². The van der Waals surface area contributed by atoms with Crippen molar-refractivity contribution in [3.63, 3.8) is 0 Å². The minimum Gasteiger partial charge on any atom is -0.366 e. The highest BCUT2D eigenvalue weighted by Crippen LogP contribution is 2.24. The van der Waals surface area contributed by atoms with Gasteiger partial charge in [0.15, 0.2) is 0 Å². The third-order valence-corrected chi connectivity index (χ3v) is 4.44. The number of hydrogen-bond donors (Lipinski definition) is 1. The third kappa shape index (κ3) is 3.07. The van der Waals surface area contributed by atoms with Crippen molar-refractivity contribution in [2.75, 3.05) is 6.54 Å². The molecule has 0 saturated carbocycles. The maximum absolute atomic E-state index is 11.0. The van der Waals surface area contributed by atoms with Crippen molar-refractivity contribution < 1.29 is 4.79 Å². The van der Waals surface area contributed by atoms with Gasteiger partial charge in [-0.15, -0.1) is 11.3 Å². The highest BCUT2D eigenvalue weighted by Gasteiger charge is 2.21. The highest BCUT2D eigenvalue weighted by molar-refractivity contribution is 7.10. The Morgan fingerprint density at radius 2 is 2.41 bits per heavy atom. The molecule has 0 radical (unpaired) electrons. The van der Waals surface area contributed by atoms with Crippen LogP contribution in [0.4, 0.5) is 0 Å². The molecule has 4 heteroatoms. The Balaban J connectivity index is 2.00. The summed E-state index contributed by atoms with van der Waals surface area (Å²) >= 11 is 1.64. The number of piperidine rings is 1. The largest absolute Gasteiger partial charge is 0.366 e. The van der Waals surface area contributed by atoms with Crippen LogP contribution in [0.25, 0.3) is 0 Å². The highest BCUT2D eigenvalue weighted by atomic mass is 32.1. The number of carbonyl (C=O) groups is 1. The van der Waals surface area contributed by atoms with Crippen molar-refractivity contribution in [3.8, 4) is 0 Å². The minimum atomic E-state index is -0.321. The number of nitrogens with two attached hydrogens (primary N) is 1. The summed E-state index contributed by atoms with van der Waals surface area (Å²) in [6.45, 7) is 4.41. The molecule has 3 nitrogen and oxygen atoms in total. The zero-order valence-corrected chi connectivity index (χ0v) is 11.1. The first-order valence-electron chi connectivity index (χ1n) is 6.32. The maximum atomic E-state index is 11.0. The molecule has 0 aliphatic carbocycles. The molecule has 1 aromatic heterocycles. The van der Waals surface area contributed by atoms with Crippen molar-refractivity contribution in [1.29, 1.82) is 0 Å². The van der Waals surface area contributed by atoms with E-state index in [1.807, 2.05) is 11.4 Å². The van der Waals surface area contributed by atoms with E-state index >= 15 is 0 Å². The minimum absolute atomic E-state index is 0.321. The Morgan fingerprint density at radius 1 is 1.59 bits per heavy atom. The van der Waals surface area contributed by atoms with Gasteiger partial charge in [0, 0.05) is 22.8 Å². The van der Waals surface area contributed by atoms with Gasteiger partial charge in [0.05, 0.1) is 5.56 Å². The van der Waals surface area contributed by atoms with Gasteiger partial charge in [-0.3, -0.25) is 9.69 Å². The lowest BCUT2D eigenvalue weighted by atomic mass is 10.00. The van der Waals surface area contributed by atoms with Crippen LogP contribution in [0.2, 0.25) is 0 Å². The van der Waals surface area contributed by atoms with Gasteiger partial charge in [-0.1, -0.05) is 13.3 Å². The van der Waals surface area contributed by atoms with Crippen LogP contribution in [0.5, 0.6) is 0 Å². The first kappa shape index (κ1) is 12.6. The molecule has 94 valence electrons. The van der Waals surface area contributed by atoms with E-state index in [1.54, 1.807) is 11.3 Å². The van der Waals surface area contributed by atoms with E-state index in [-0.39, 0.29) is 5.91 Å². The normalized spacial score (nSPS) is 21.6. The van der Waals surface area contributed by atoms with E-state index in [2.05, 4.69) is 11.8 Å². The Morgan fingerprint density at radius 3 is 3.06 bits per heavy atom. The van der Waals surface area contributed by atoms with Crippen molar-refractivity contribution in [3.05, 3.63) is 21.9 Å². The predicted octanol–water partition coefficient (Wildman–Crippen LogP) is 2.61. The summed E-state index contributed by atoms with van der Waals surface area (Å²) in [7, 11) is 0. The summed E-state index contributed by atoms with van der Waals surface area (Å²) in [6, 6.07) is 2.65. The molecule has 1 aliphatic heterocycles. The number of rotatable bonds is 4. The fourth-order valence-electron chi connectivity index (χ4n) is 2.52. The van der Waals surface area contributed by atoms with E-state index in [0.717, 1.165) is 6.54 Å². The quantitative estimate of drug-likeness (QED) is 0.895. The number of likely N-dealkylation sites (tertiary alicyclic amines) is 1. The van der Waals surface area contributed by atoms with Crippen molar-refractivity contribution in [2.24, 2.45) is 5.73 Å². The zero-order chi connectivity index (χ0) is 12.3. The predicted molar refractivity (Wildman–Crippen MR) is 71.2 cm³/mol. The lowest BCUT2D eigenvalue weighted by Crippen LogP contribution is -2.38. The Labute approximate surface area is 107 Å². The van der Waals surface area contributed by atoms with Crippen LogP contribution in [-0.2, 0) is 6.54 Å². The fraction of sp³-hybridized carbons (Fsp3) is 0.615. The smallest absolute Gasteiger partial charge is 0.249 e. The standard InChI is InChI=1S/C13H20N2OS/c1-2-11-5-3-4-6-15(11)8-12-7-10(9-17-12)13(14)16/h7,9,11H,2-6,8H2,1H3,(H2,14,16). The maximum Gasteiger partial charge on any atom is 0.249 e. The summed E-state index contributed by atoms with van der Waals surface area (Å²) in [5.41, 5.74) is 5.92. The van der Waals surface area contributed by atoms with Crippen LogP contribution in [0, 0.1) is 0 Å². The molecule has 1 atom stereocenters. The topological polar surface area (TPSA) is 46.3 Å². The third-order valence-electron chi connectivity index (χ3n) is 3.52. The second-order valence-corrected chi connectivity index (χ2v) is 5.69. The van der Waals surface area contributed by atoms with Crippen LogP contribution in [0.1, 0.15) is 47.8 Å². The summed E-state index contributed by atoms with van der Waals surface area (Å²) in [4.78, 5) is 14.8. The van der Waals surface area contributed by atoms with Gasteiger partial charge in [0.2, 0.25) is 5.91 Å². The molecule has 17 heavy (non-hydrogen) atoms. The fourth-order valence-corrected chi connectivity index (χ4v) is 3.42. The summed E-state index contributed by atoms with van der Waals surface area (Å²) < 4.78 is 0. The average Bonchev–Trinajstić information content (AvgIpc) is 2.78. The van der Waals surface area contributed by atoms with Crippen molar-refractivity contribution in [2.45, 2.75) is 45.2 Å². The van der Waals surface area contributed by atoms with Crippen LogP contribution in [0.15, 0.2) is 11.4 Å². The molecule has 1 saturated heterocycles. The van der Waals surface area contributed by atoms with Gasteiger partial charge in [-0.05, 0) is 31.9 Å². The Bertz CT molecular complexity index is 389. The van der Waals surface area contributed by atoms with E-state index in [9.17, 15) is 4.79 Å². The van der Waals surface area contributed by atoms with Gasteiger partial charge in [0.25, 0.3) is 0 Å². The zero-order valence-electron chi connectivity index (χ0n) is 10.3. The molecule has 2 heterocycles. The molecule has 1 unspecified atom stereocenters. The molecule has 2 N–H and O–H groups in total. The SMILES string of the molecule is CCC1CCCCN1Cc1cc(C(N)=O)cs1. The van der Waals surface area contributed by atoms with Gasteiger partial charge in [-0.2, -0.15) is 0 Å². The molecular formula is C13H20N2OS. The molecule has 1 aromatic rings. The summed E-state index contributed by atoms with van der Waals surface area (Å²) in [5, 5.41) is 1.86. The van der Waals surface area contributed by atoms with Crippen LogP contribution in [-0.4, -0.2) is 23.4 Å². The van der Waals surface area contributed by atoms with Crippen LogP contribution >= 0.6 is 11.3 Å². The first-order valence-corrected chi connectivity index (χ1v) is 7.20. The summed E-state index contributed by atoms with van der Waals surface area (Å²) in [6.07, 6.45) is 5.18. The molecule has 1 amide bonds. The van der Waals surface area contributed by atoms with E-state index < -0.39 is 0 Å². The van der Waals surface area contributed by atoms with E-state index in [4.69, 9.17) is 5.73 Å². The number of carbonyl (C=O) groups excluding carboxylic acids is 1. The van der Waals surface area contributed by atoms with Crippen molar-refractivity contribution in [1.82, 2.24) is 4.90 Å². The molecule has 1 fully saturated rings. The number of hydrogen-bond acceptors (Lipinski definition) is 3. The monoisotopic (exact) mass is 252 g/mol. The van der Waals surface area contributed by atoms with Gasteiger partial charge in [0.1, 0.15) is 0 Å². The van der Waals surface area contributed by atoms with Crippen LogP contribution in [0.3, 0.4) is 0 Å². The second-order valence-electron chi connectivity index (χ2n) is 4.69. The van der Waals surface area contributed by atoms with Gasteiger partial charge >= 0.3 is 0 Å². The Kier molecular flexibility index (Phi) is 4.18. The van der Waals surface area contributed by atoms with Gasteiger partial charge < -0.3 is 5.73 Å². The Hall–Kier alpha value is -0.870.